The molecule has 4 N–H and O–H groups in total. The smallest absolute Gasteiger partial charge is 0.260 e. The van der Waals surface area contributed by atoms with Gasteiger partial charge in [0.15, 0.2) is 23.0 Å². The molecule has 498 valence electrons. The first-order valence-corrected chi connectivity index (χ1v) is 31.1. The second-order valence-electron chi connectivity index (χ2n) is 22.7. The van der Waals surface area contributed by atoms with Crippen LogP contribution in [0.1, 0.15) is 84.7 Å². The minimum absolute atomic E-state index is 0.000774. The summed E-state index contributed by atoms with van der Waals surface area (Å²) in [5, 5.41) is 11.0. The van der Waals surface area contributed by atoms with Crippen molar-refractivity contribution in [2.75, 3.05) is 106 Å². The van der Waals surface area contributed by atoms with Gasteiger partial charge in [-0.2, -0.15) is 0 Å². The third-order valence-corrected chi connectivity index (χ3v) is 15.9. The Morgan fingerprint density at radius 1 is 0.553 bits per heavy atom. The monoisotopic (exact) mass is 1290 g/mol. The molecule has 0 spiro atoms. The number of fused-ring (bicyclic) bond motifs is 4. The molecule has 9 rings (SSSR count). The summed E-state index contributed by atoms with van der Waals surface area (Å²) in [7, 11) is 4.64. The average molecular weight is 1290 g/mol. The lowest BCUT2D eigenvalue weighted by atomic mass is 10.0. The van der Waals surface area contributed by atoms with Crippen molar-refractivity contribution in [3.8, 4) is 28.7 Å². The van der Waals surface area contributed by atoms with E-state index < -0.39 is 41.6 Å². The minimum atomic E-state index is -0.947. The number of amides is 8. The van der Waals surface area contributed by atoms with Crippen LogP contribution in [-0.2, 0) is 47.7 Å². The van der Waals surface area contributed by atoms with Gasteiger partial charge in [0.2, 0.25) is 23.6 Å². The summed E-state index contributed by atoms with van der Waals surface area (Å²) >= 11 is 0. The van der Waals surface area contributed by atoms with Gasteiger partial charge in [-0.25, -0.2) is 0 Å². The van der Waals surface area contributed by atoms with E-state index in [1.54, 1.807) is 92.7 Å². The van der Waals surface area contributed by atoms with E-state index >= 15 is 0 Å². The first kappa shape index (κ1) is 68.6. The van der Waals surface area contributed by atoms with Crippen LogP contribution < -0.4 is 45.0 Å². The molecule has 94 heavy (non-hydrogen) atoms. The number of imide groups is 1. The molecular weight excluding hydrogens is 1210 g/mol. The van der Waals surface area contributed by atoms with Gasteiger partial charge in [0.1, 0.15) is 17.8 Å². The molecule has 0 saturated heterocycles. The number of nitrogens with one attached hydrogen (secondary N) is 4. The summed E-state index contributed by atoms with van der Waals surface area (Å²) in [6.07, 6.45) is 11.1. The third-order valence-electron chi connectivity index (χ3n) is 15.9. The first-order valence-electron chi connectivity index (χ1n) is 31.1. The lowest BCUT2D eigenvalue weighted by Gasteiger charge is -2.24. The van der Waals surface area contributed by atoms with Gasteiger partial charge < -0.3 is 73.7 Å². The lowest BCUT2D eigenvalue weighted by Crippen LogP contribution is -2.53. The fourth-order valence-electron chi connectivity index (χ4n) is 10.7. The number of ether oxygens (including phenoxy) is 9. The highest BCUT2D eigenvalue weighted by atomic mass is 16.6. The Hall–Kier alpha value is -9.76. The van der Waals surface area contributed by atoms with Crippen LogP contribution in [0.15, 0.2) is 107 Å². The van der Waals surface area contributed by atoms with E-state index in [9.17, 15) is 38.4 Å². The van der Waals surface area contributed by atoms with Gasteiger partial charge in [-0.1, -0.05) is 38.1 Å². The summed E-state index contributed by atoms with van der Waals surface area (Å²) in [4.78, 5) is 116. The van der Waals surface area contributed by atoms with Gasteiger partial charge in [0.25, 0.3) is 23.6 Å². The maximum Gasteiger partial charge on any atom is 0.260 e. The highest BCUT2D eigenvalue weighted by molar-refractivity contribution is 6.13. The van der Waals surface area contributed by atoms with Crippen molar-refractivity contribution in [1.29, 1.82) is 0 Å². The molecule has 0 radical (unpaired) electrons. The first-order chi connectivity index (χ1) is 45.5. The molecule has 8 amide bonds. The summed E-state index contributed by atoms with van der Waals surface area (Å²) in [6.45, 7) is 8.05. The normalized spacial score (nSPS) is 16.7. The van der Waals surface area contributed by atoms with Gasteiger partial charge in [-0.15, -0.1) is 0 Å². The molecule has 26 nitrogen and oxygen atoms in total. The second kappa shape index (κ2) is 33.2. The summed E-state index contributed by atoms with van der Waals surface area (Å²) in [5.74, 6) is -0.922. The third kappa shape index (κ3) is 17.9. The summed E-state index contributed by atoms with van der Waals surface area (Å²) in [5.41, 5.74) is 5.89. The van der Waals surface area contributed by atoms with Gasteiger partial charge >= 0.3 is 0 Å². The van der Waals surface area contributed by atoms with E-state index in [-0.39, 0.29) is 101 Å². The molecule has 0 bridgehead atoms. The van der Waals surface area contributed by atoms with E-state index in [1.807, 2.05) is 42.6 Å². The number of benzene rings is 4. The Labute approximate surface area is 544 Å². The number of aliphatic imine (C=N–C) groups is 2. The van der Waals surface area contributed by atoms with Crippen LogP contribution in [0.5, 0.6) is 28.7 Å². The van der Waals surface area contributed by atoms with Crippen LogP contribution in [-0.4, -0.2) is 199 Å². The second-order valence-corrected chi connectivity index (χ2v) is 22.7. The van der Waals surface area contributed by atoms with E-state index in [1.165, 1.54) is 26.4 Å². The average Bonchev–Trinajstić information content (AvgIpc) is 1.62. The summed E-state index contributed by atoms with van der Waals surface area (Å²) < 4.78 is 51.0. The van der Waals surface area contributed by atoms with Crippen molar-refractivity contribution in [3.05, 3.63) is 120 Å². The van der Waals surface area contributed by atoms with E-state index in [0.29, 0.717) is 96.9 Å². The number of anilines is 1. The Balaban J connectivity index is 0.649. The molecule has 4 aromatic rings. The van der Waals surface area contributed by atoms with Gasteiger partial charge in [-0.3, -0.25) is 53.2 Å². The van der Waals surface area contributed by atoms with Crippen molar-refractivity contribution in [2.45, 2.75) is 77.0 Å². The van der Waals surface area contributed by atoms with Crippen LogP contribution in [0.4, 0.5) is 17.1 Å². The molecule has 4 atom stereocenters. The van der Waals surface area contributed by atoms with Crippen LogP contribution in [0.3, 0.4) is 0 Å². The highest BCUT2D eigenvalue weighted by Crippen LogP contribution is 2.42. The number of hydrogen-bond donors (Lipinski definition) is 4. The highest BCUT2D eigenvalue weighted by Gasteiger charge is 2.36. The predicted molar refractivity (Wildman–Crippen MR) is 347 cm³/mol. The molecule has 26 heteroatoms. The molecule has 5 aliphatic rings. The zero-order valence-electron chi connectivity index (χ0n) is 53.5. The molecule has 0 aliphatic carbocycles. The van der Waals surface area contributed by atoms with Crippen LogP contribution in [0.2, 0.25) is 0 Å². The maximum atomic E-state index is 14.2. The molecule has 0 fully saturated rings. The predicted octanol–water partition coefficient (Wildman–Crippen LogP) is 5.98. The topological polar surface area (TPSA) is 302 Å². The van der Waals surface area contributed by atoms with Crippen molar-refractivity contribution < 1.29 is 81.0 Å². The van der Waals surface area contributed by atoms with E-state index in [0.717, 1.165) is 32.9 Å². The van der Waals surface area contributed by atoms with Crippen LogP contribution in [0.25, 0.3) is 11.1 Å². The number of methoxy groups -OCH3 is 3. The van der Waals surface area contributed by atoms with E-state index in [2.05, 4.69) is 21.3 Å². The molecule has 0 aromatic heterocycles. The molecule has 4 aromatic carbocycles. The van der Waals surface area contributed by atoms with Crippen LogP contribution >= 0.6 is 0 Å². The Bertz CT molecular complexity index is 3570. The molecule has 1 unspecified atom stereocenters. The minimum Gasteiger partial charge on any atom is -0.497 e. The zero-order chi connectivity index (χ0) is 66.7. The standard InChI is InChI=1S/C68H79N9O17/c1-42(2)64(74-61(79)19-24-89-26-28-91-30-31-92-29-27-90-25-20-69-60(78)18-21-75-62(80)16-17-63(75)81)66(83)72-43(3)65(82)73-48-12-8-44(9-13-48)46-32-49-38-70-54-36-58(56(87-5)34-52(54)67(84)76(49)40-46)93-22-7-23-94-59-37-55-53(35-57(59)88-6)68(85)77-41-47(33-50(77)39-71-55)45-10-14-51(86-4)15-11-45/h8-17,34-43,49-50,64H,7,18-33H2,1-6H3,(H,69,78)(H,72,83)(H,73,82)(H,74,79)/t43-,49-,50-,64?/m0/s1. The van der Waals surface area contributed by atoms with Crippen molar-refractivity contribution >= 4 is 87.9 Å². The summed E-state index contributed by atoms with van der Waals surface area (Å²) in [6, 6.07) is 19.1. The van der Waals surface area contributed by atoms with Gasteiger partial charge in [0, 0.05) is 100.0 Å². The number of carbonyl (C=O) groups is 8. The Kier molecular flexibility index (Phi) is 24.2. The zero-order valence-corrected chi connectivity index (χ0v) is 53.5. The molecule has 5 heterocycles. The lowest BCUT2D eigenvalue weighted by molar-refractivity contribution is -0.137. The van der Waals surface area contributed by atoms with Crippen molar-refractivity contribution in [3.63, 3.8) is 0 Å². The molecule has 5 aliphatic heterocycles. The quantitative estimate of drug-likeness (QED) is 0.0304. The molecule has 0 saturated carbocycles. The largest absolute Gasteiger partial charge is 0.497 e. The molecular formula is C68H79N9O17. The number of rotatable bonds is 35. The SMILES string of the molecule is COc1ccc(C2=CN3C(=O)c4cc(OC)c(OCCCOc5cc6c(cc5OC)C(=O)N5C=C(c7ccc(NC(=O)[C@H](C)NC(=O)C(NC(=O)CCOCCOCCOCCOCCNC(=O)CCN8C(=O)C=CC8=O)C(C)C)cc7)C[C@H]5C=N6)cc4N=C[C@@H]3C2)cc1. The fraction of sp³-hybridized carbons (Fsp3) is 0.412. The number of carbonyl (C=O) groups excluding carboxylic acids is 8. The van der Waals surface area contributed by atoms with Crippen molar-refractivity contribution in [1.82, 2.24) is 30.7 Å². The number of nitrogens with zero attached hydrogens (tertiary/aromatic N) is 5. The van der Waals surface area contributed by atoms with Gasteiger partial charge in [-0.05, 0) is 71.5 Å². The van der Waals surface area contributed by atoms with E-state index in [4.69, 9.17) is 52.6 Å². The van der Waals surface area contributed by atoms with Gasteiger partial charge in [0.05, 0.1) is 122 Å². The fourth-order valence-corrected chi connectivity index (χ4v) is 10.7. The Morgan fingerprint density at radius 3 is 1.55 bits per heavy atom. The van der Waals surface area contributed by atoms with Crippen LogP contribution in [0, 0.1) is 5.92 Å². The maximum absolute atomic E-state index is 14.2. The van der Waals surface area contributed by atoms with Crippen molar-refractivity contribution in [2.24, 2.45) is 15.9 Å². The number of hydrogen-bond acceptors (Lipinski definition) is 19. The Morgan fingerprint density at radius 2 is 1.05 bits per heavy atom.